The Morgan fingerprint density at radius 3 is 2.27 bits per heavy atom. The van der Waals surface area contributed by atoms with Crippen molar-refractivity contribution in [1.29, 1.82) is 0 Å². The summed E-state index contributed by atoms with van der Waals surface area (Å²) < 4.78 is 11.1. The Labute approximate surface area is 202 Å². The zero-order valence-corrected chi connectivity index (χ0v) is 21.5. The highest BCUT2D eigenvalue weighted by Gasteiger charge is 2.32. The molecule has 2 rings (SSSR count). The molecule has 184 valence electrons. The van der Waals surface area contributed by atoms with Crippen LogP contribution in [0.25, 0.3) is 0 Å². The van der Waals surface area contributed by atoms with E-state index in [0.29, 0.717) is 29.2 Å². The monoisotopic (exact) mass is 479 g/mol. The molecular weight excluding hydrogens is 442 g/mol. The van der Waals surface area contributed by atoms with Crippen molar-refractivity contribution >= 4 is 29.3 Å². The molecule has 1 N–H and O–H groups in total. The second kappa shape index (κ2) is 11.9. The molecule has 1 saturated carbocycles. The summed E-state index contributed by atoms with van der Waals surface area (Å²) in [4.78, 5) is 37.8. The van der Waals surface area contributed by atoms with Crippen molar-refractivity contribution in [1.82, 2.24) is 5.32 Å². The predicted octanol–water partition coefficient (Wildman–Crippen LogP) is 5.74. The van der Waals surface area contributed by atoms with Crippen LogP contribution < -0.4 is 10.1 Å². The number of halogens is 1. The Hall–Kier alpha value is -2.08. The van der Waals surface area contributed by atoms with E-state index in [1.807, 2.05) is 34.6 Å². The SMILES string of the molecule is CCC(=O)C(CC1CCC(C(=O)OC(C)(C)C)CC1)NC(=O)c1ccc(OC(C)C)c(Cl)c1. The summed E-state index contributed by atoms with van der Waals surface area (Å²) in [6, 6.07) is 4.33. The van der Waals surface area contributed by atoms with Crippen LogP contribution in [0.3, 0.4) is 0 Å². The fourth-order valence-corrected chi connectivity index (χ4v) is 4.33. The zero-order chi connectivity index (χ0) is 24.8. The maximum atomic E-state index is 12.9. The fourth-order valence-electron chi connectivity index (χ4n) is 4.10. The van der Waals surface area contributed by atoms with Crippen molar-refractivity contribution in [2.75, 3.05) is 0 Å². The summed E-state index contributed by atoms with van der Waals surface area (Å²) >= 11 is 6.27. The maximum Gasteiger partial charge on any atom is 0.309 e. The summed E-state index contributed by atoms with van der Waals surface area (Å²) in [5, 5.41) is 3.26. The number of ether oxygens (including phenoxy) is 2. The molecule has 1 fully saturated rings. The normalized spacial score (nSPS) is 19.6. The molecule has 33 heavy (non-hydrogen) atoms. The largest absolute Gasteiger partial charge is 0.489 e. The van der Waals surface area contributed by atoms with Crippen molar-refractivity contribution in [3.8, 4) is 5.75 Å². The molecule has 0 heterocycles. The van der Waals surface area contributed by atoms with Gasteiger partial charge < -0.3 is 14.8 Å². The minimum Gasteiger partial charge on any atom is -0.489 e. The van der Waals surface area contributed by atoms with Gasteiger partial charge in [-0.15, -0.1) is 0 Å². The van der Waals surface area contributed by atoms with Gasteiger partial charge in [-0.2, -0.15) is 0 Å². The van der Waals surface area contributed by atoms with E-state index in [1.54, 1.807) is 25.1 Å². The average molecular weight is 480 g/mol. The Morgan fingerprint density at radius 1 is 1.12 bits per heavy atom. The fraction of sp³-hybridized carbons (Fsp3) is 0.654. The third kappa shape index (κ3) is 8.65. The first-order valence-electron chi connectivity index (χ1n) is 11.9. The molecular formula is C26H38ClNO5. The summed E-state index contributed by atoms with van der Waals surface area (Å²) in [5.41, 5.74) is -0.0996. The van der Waals surface area contributed by atoms with E-state index in [1.165, 1.54) is 0 Å². The lowest BCUT2D eigenvalue weighted by Crippen LogP contribution is -2.42. The number of ketones is 1. The molecule has 0 spiro atoms. The molecule has 1 aliphatic rings. The minimum atomic E-state index is -0.559. The molecule has 0 bridgehead atoms. The first kappa shape index (κ1) is 27.2. The molecule has 1 aliphatic carbocycles. The van der Waals surface area contributed by atoms with E-state index in [2.05, 4.69) is 5.32 Å². The van der Waals surface area contributed by atoms with Crippen LogP contribution in [0, 0.1) is 11.8 Å². The van der Waals surface area contributed by atoms with E-state index >= 15 is 0 Å². The van der Waals surface area contributed by atoms with E-state index < -0.39 is 11.6 Å². The number of benzene rings is 1. The van der Waals surface area contributed by atoms with Crippen LogP contribution in [-0.2, 0) is 14.3 Å². The van der Waals surface area contributed by atoms with Gasteiger partial charge in [0.1, 0.15) is 11.4 Å². The lowest BCUT2D eigenvalue weighted by molar-refractivity contribution is -0.161. The van der Waals surface area contributed by atoms with Gasteiger partial charge in [0.05, 0.1) is 23.1 Å². The highest BCUT2D eigenvalue weighted by molar-refractivity contribution is 6.32. The zero-order valence-electron chi connectivity index (χ0n) is 20.7. The van der Waals surface area contributed by atoms with Crippen LogP contribution in [0.5, 0.6) is 5.75 Å². The number of Topliss-reactive ketones (excluding diaryl/α,β-unsaturated/α-hetero) is 1. The molecule has 1 unspecified atom stereocenters. The van der Waals surface area contributed by atoms with Crippen molar-refractivity contribution in [2.24, 2.45) is 11.8 Å². The molecule has 1 amide bonds. The number of carbonyl (C=O) groups excluding carboxylic acids is 3. The number of carbonyl (C=O) groups is 3. The molecule has 1 aromatic carbocycles. The van der Waals surface area contributed by atoms with Gasteiger partial charge in [-0.05, 0) is 90.8 Å². The van der Waals surface area contributed by atoms with E-state index in [-0.39, 0.29) is 35.6 Å². The molecule has 0 radical (unpaired) electrons. The van der Waals surface area contributed by atoms with Gasteiger partial charge in [0, 0.05) is 12.0 Å². The maximum absolute atomic E-state index is 12.9. The van der Waals surface area contributed by atoms with E-state index in [4.69, 9.17) is 21.1 Å². The van der Waals surface area contributed by atoms with Crippen molar-refractivity contribution in [3.05, 3.63) is 28.8 Å². The molecule has 1 atom stereocenters. The summed E-state index contributed by atoms with van der Waals surface area (Å²) in [7, 11) is 0. The van der Waals surface area contributed by atoms with Crippen LogP contribution in [0.4, 0.5) is 0 Å². The highest BCUT2D eigenvalue weighted by Crippen LogP contribution is 2.33. The van der Waals surface area contributed by atoms with Gasteiger partial charge in [0.15, 0.2) is 5.78 Å². The average Bonchev–Trinajstić information content (AvgIpc) is 2.73. The van der Waals surface area contributed by atoms with Crippen molar-refractivity contribution in [3.63, 3.8) is 0 Å². The van der Waals surface area contributed by atoms with E-state index in [9.17, 15) is 14.4 Å². The summed E-state index contributed by atoms with van der Waals surface area (Å²) in [6.07, 6.45) is 4.04. The first-order valence-corrected chi connectivity index (χ1v) is 12.3. The topological polar surface area (TPSA) is 81.7 Å². The predicted molar refractivity (Wildman–Crippen MR) is 130 cm³/mol. The number of hydrogen-bond donors (Lipinski definition) is 1. The first-order chi connectivity index (χ1) is 15.4. The Kier molecular flexibility index (Phi) is 9.77. The van der Waals surface area contributed by atoms with Gasteiger partial charge in [-0.3, -0.25) is 14.4 Å². The number of esters is 1. The smallest absolute Gasteiger partial charge is 0.309 e. The molecule has 0 saturated heterocycles. The van der Waals surface area contributed by atoms with Crippen LogP contribution in [-0.4, -0.2) is 35.4 Å². The quantitative estimate of drug-likeness (QED) is 0.456. The van der Waals surface area contributed by atoms with E-state index in [0.717, 1.165) is 25.7 Å². The number of nitrogens with one attached hydrogen (secondary N) is 1. The van der Waals surface area contributed by atoms with Gasteiger partial charge in [0.25, 0.3) is 5.91 Å². The molecule has 0 aromatic heterocycles. The number of hydrogen-bond acceptors (Lipinski definition) is 5. The van der Waals surface area contributed by atoms with Gasteiger partial charge >= 0.3 is 5.97 Å². The van der Waals surface area contributed by atoms with Crippen LogP contribution in [0.15, 0.2) is 18.2 Å². The van der Waals surface area contributed by atoms with Crippen LogP contribution >= 0.6 is 11.6 Å². The van der Waals surface area contributed by atoms with Crippen molar-refractivity contribution in [2.45, 2.75) is 97.8 Å². The van der Waals surface area contributed by atoms with Gasteiger partial charge in [0.2, 0.25) is 0 Å². The number of rotatable bonds is 9. The van der Waals surface area contributed by atoms with Crippen LogP contribution in [0.2, 0.25) is 5.02 Å². The van der Waals surface area contributed by atoms with Gasteiger partial charge in [-0.25, -0.2) is 0 Å². The molecule has 7 heteroatoms. The lowest BCUT2D eigenvalue weighted by Gasteiger charge is -2.31. The Morgan fingerprint density at radius 2 is 1.76 bits per heavy atom. The lowest BCUT2D eigenvalue weighted by atomic mass is 9.78. The van der Waals surface area contributed by atoms with Gasteiger partial charge in [-0.1, -0.05) is 18.5 Å². The summed E-state index contributed by atoms with van der Waals surface area (Å²) in [6.45, 7) is 11.2. The number of amides is 1. The third-order valence-corrected chi connectivity index (χ3v) is 6.05. The summed E-state index contributed by atoms with van der Waals surface area (Å²) in [5.74, 6) is 0.230. The highest BCUT2D eigenvalue weighted by atomic mass is 35.5. The second-order valence-corrected chi connectivity index (χ2v) is 10.6. The second-order valence-electron chi connectivity index (χ2n) is 10.1. The Bertz CT molecular complexity index is 838. The minimum absolute atomic E-state index is 0.00322. The Balaban J connectivity index is 1.98. The third-order valence-electron chi connectivity index (χ3n) is 5.76. The molecule has 0 aliphatic heterocycles. The standard InChI is InChI=1S/C26H38ClNO5/c1-7-22(29)21(14-17-8-10-18(11-9-17)25(31)33-26(4,5)6)28-24(30)19-12-13-23(20(27)15-19)32-16(2)3/h12-13,15-18,21H,7-11,14H2,1-6H3,(H,28,30). The molecule has 1 aromatic rings. The molecule has 6 nitrogen and oxygen atoms in total. The van der Waals surface area contributed by atoms with Crippen molar-refractivity contribution < 1.29 is 23.9 Å². The van der Waals surface area contributed by atoms with Crippen LogP contribution in [0.1, 0.15) is 90.4 Å².